The molecule has 45 heavy (non-hydrogen) atoms. The van der Waals surface area contributed by atoms with Crippen molar-refractivity contribution in [3.05, 3.63) is 109 Å². The molecule has 6 rings (SSSR count). The lowest BCUT2D eigenvalue weighted by Crippen LogP contribution is -2.66. The number of nitrogens with zero attached hydrogens (tertiary/aromatic N) is 2. The maximum absolute atomic E-state index is 13.6. The summed E-state index contributed by atoms with van der Waals surface area (Å²) in [6.07, 6.45) is -6.21. The van der Waals surface area contributed by atoms with E-state index in [-0.39, 0.29) is 30.3 Å². The van der Waals surface area contributed by atoms with Gasteiger partial charge < -0.3 is 24.4 Å². The first-order valence-electron chi connectivity index (χ1n) is 14.0. The van der Waals surface area contributed by atoms with Crippen molar-refractivity contribution in [1.82, 2.24) is 9.62 Å². The normalized spacial score (nSPS) is 19.7. The van der Waals surface area contributed by atoms with Crippen LogP contribution in [0.15, 0.2) is 108 Å². The molecular weight excluding hydrogens is 611 g/mol. The van der Waals surface area contributed by atoms with Gasteiger partial charge in [0.25, 0.3) is 0 Å². The number of alkyl halides is 3. The molecule has 0 saturated carbocycles. The van der Waals surface area contributed by atoms with Crippen LogP contribution in [-0.2, 0) is 21.2 Å². The third-order valence-electron chi connectivity index (χ3n) is 7.66. The first-order chi connectivity index (χ1) is 21.5. The Kier molecular flexibility index (Phi) is 8.16. The third kappa shape index (κ3) is 6.60. The van der Waals surface area contributed by atoms with Crippen LogP contribution in [0.25, 0.3) is 0 Å². The van der Waals surface area contributed by atoms with E-state index in [4.69, 9.17) is 4.74 Å². The van der Waals surface area contributed by atoms with Gasteiger partial charge in [0.2, 0.25) is 15.9 Å². The highest BCUT2D eigenvalue weighted by Gasteiger charge is 2.44. The van der Waals surface area contributed by atoms with Crippen LogP contribution in [0, 0.1) is 0 Å². The van der Waals surface area contributed by atoms with Crippen LogP contribution in [0.3, 0.4) is 0 Å². The Morgan fingerprint density at radius 1 is 0.867 bits per heavy atom. The Morgan fingerprint density at radius 3 is 2.04 bits per heavy atom. The van der Waals surface area contributed by atoms with E-state index in [1.165, 1.54) is 4.90 Å². The number of amides is 1. The van der Waals surface area contributed by atoms with Gasteiger partial charge in [0.05, 0.1) is 40.9 Å². The van der Waals surface area contributed by atoms with Crippen molar-refractivity contribution in [1.29, 1.82) is 0 Å². The lowest BCUT2D eigenvalue weighted by molar-refractivity contribution is -0.274. The lowest BCUT2D eigenvalue weighted by Gasteiger charge is -2.48. The number of carbonyl (C=O) groups excluding carboxylic acids is 1. The second-order valence-electron chi connectivity index (χ2n) is 10.7. The van der Waals surface area contributed by atoms with Gasteiger partial charge in [-0.15, -0.1) is 13.2 Å². The molecule has 9 nitrogen and oxygen atoms in total. The first-order valence-corrected chi connectivity index (χ1v) is 15.5. The molecule has 0 aliphatic carbocycles. The van der Waals surface area contributed by atoms with E-state index in [0.29, 0.717) is 22.9 Å². The minimum Gasteiger partial charge on any atom is -0.453 e. The molecule has 2 aliphatic rings. The minimum absolute atomic E-state index is 0.0556. The molecule has 13 heteroatoms. The van der Waals surface area contributed by atoms with Crippen LogP contribution in [0.2, 0.25) is 0 Å². The van der Waals surface area contributed by atoms with Gasteiger partial charge in [-0.1, -0.05) is 54.6 Å². The minimum atomic E-state index is -4.94. The summed E-state index contributed by atoms with van der Waals surface area (Å²) >= 11 is 0. The highest BCUT2D eigenvalue weighted by molar-refractivity contribution is 7.89. The number of aliphatic hydroxyl groups is 1. The van der Waals surface area contributed by atoms with Crippen molar-refractivity contribution in [2.24, 2.45) is 0 Å². The molecule has 1 fully saturated rings. The standard InChI is InChI=1S/C32H28F3N3O6S/c33-32(34,35)44-22-14-16-23(17-15-22)45(41,42)36-24-19-37(30(39)18-21-8-2-1-3-9-21)20-27(31(24)40)38-25-10-4-6-12-28(25)43-29-13-7-5-11-26(29)38/h1-17,24,27,31,36,40H,18-20H2/t24-,27+,31+/m1/s1. The highest BCUT2D eigenvalue weighted by Crippen LogP contribution is 2.48. The summed E-state index contributed by atoms with van der Waals surface area (Å²) in [6, 6.07) is 25.2. The molecule has 0 radical (unpaired) electrons. The molecule has 4 aromatic rings. The van der Waals surface area contributed by atoms with Gasteiger partial charge in [0, 0.05) is 13.1 Å². The molecule has 1 saturated heterocycles. The summed E-state index contributed by atoms with van der Waals surface area (Å²) in [5.41, 5.74) is 2.02. The Hall–Kier alpha value is -4.59. The number of benzene rings is 4. The number of hydrogen-bond donors (Lipinski definition) is 2. The molecule has 2 heterocycles. The number of likely N-dealkylation sites (tertiary alicyclic amines) is 1. The van der Waals surface area contributed by atoms with Crippen LogP contribution in [0.1, 0.15) is 5.56 Å². The molecule has 1 amide bonds. The van der Waals surface area contributed by atoms with E-state index < -0.39 is 40.3 Å². The number of fused-ring (bicyclic) bond motifs is 2. The van der Waals surface area contributed by atoms with Crippen molar-refractivity contribution in [2.45, 2.75) is 35.9 Å². The van der Waals surface area contributed by atoms with Crippen LogP contribution >= 0.6 is 0 Å². The van der Waals surface area contributed by atoms with Crippen molar-refractivity contribution >= 4 is 27.3 Å². The zero-order valence-corrected chi connectivity index (χ0v) is 24.4. The number of piperidine rings is 1. The number of aliphatic hydroxyl groups excluding tert-OH is 1. The Labute approximate surface area is 257 Å². The summed E-state index contributed by atoms with van der Waals surface area (Å²) in [4.78, 5) is 16.7. The molecule has 234 valence electrons. The van der Waals surface area contributed by atoms with Crippen molar-refractivity contribution in [3.8, 4) is 17.2 Å². The van der Waals surface area contributed by atoms with Crippen LogP contribution in [0.5, 0.6) is 17.2 Å². The molecule has 0 unspecified atom stereocenters. The van der Waals surface area contributed by atoms with Crippen LogP contribution in [-0.4, -0.2) is 62.0 Å². The molecule has 0 spiro atoms. The maximum atomic E-state index is 13.6. The van der Waals surface area contributed by atoms with E-state index >= 15 is 0 Å². The Balaban J connectivity index is 1.34. The predicted octanol–water partition coefficient (Wildman–Crippen LogP) is 4.99. The summed E-state index contributed by atoms with van der Waals surface area (Å²) < 4.78 is 77.2. The summed E-state index contributed by atoms with van der Waals surface area (Å²) in [5.74, 6) is 0.191. The van der Waals surface area contributed by atoms with Gasteiger partial charge in [-0.25, -0.2) is 13.1 Å². The van der Waals surface area contributed by atoms with E-state index in [1.54, 1.807) is 24.3 Å². The monoisotopic (exact) mass is 639 g/mol. The summed E-state index contributed by atoms with van der Waals surface area (Å²) in [7, 11) is -4.36. The van der Waals surface area contributed by atoms with E-state index in [2.05, 4.69) is 9.46 Å². The zero-order chi connectivity index (χ0) is 31.8. The number of ether oxygens (including phenoxy) is 2. The fourth-order valence-corrected chi connectivity index (χ4v) is 6.87. The van der Waals surface area contributed by atoms with Gasteiger partial charge in [-0.05, 0) is 54.1 Å². The lowest BCUT2D eigenvalue weighted by atomic mass is 9.94. The number of carbonyl (C=O) groups is 1. The number of sulfonamides is 1. The quantitative estimate of drug-likeness (QED) is 0.294. The number of anilines is 2. The topological polar surface area (TPSA) is 108 Å². The zero-order valence-electron chi connectivity index (χ0n) is 23.6. The number of hydrogen-bond acceptors (Lipinski definition) is 7. The Morgan fingerprint density at radius 2 is 1.44 bits per heavy atom. The van der Waals surface area contributed by atoms with Crippen molar-refractivity contribution < 1.29 is 41.0 Å². The van der Waals surface area contributed by atoms with E-state index in [1.807, 2.05) is 59.5 Å². The van der Waals surface area contributed by atoms with Gasteiger partial charge in [-0.3, -0.25) is 4.79 Å². The largest absolute Gasteiger partial charge is 0.573 e. The molecule has 0 aromatic heterocycles. The fourth-order valence-electron chi connectivity index (χ4n) is 5.63. The van der Waals surface area contributed by atoms with Gasteiger partial charge >= 0.3 is 6.36 Å². The SMILES string of the molecule is O=C(Cc1ccccc1)N1C[C@@H](NS(=O)(=O)c2ccc(OC(F)(F)F)cc2)[C@H](O)[C@@H](N2c3ccccc3Oc3ccccc32)C1. The number of para-hydroxylation sites is 4. The molecule has 4 aromatic carbocycles. The molecule has 2 aliphatic heterocycles. The van der Waals surface area contributed by atoms with Gasteiger partial charge in [-0.2, -0.15) is 0 Å². The third-order valence-corrected chi connectivity index (χ3v) is 9.16. The second kappa shape index (κ2) is 12.1. The molecule has 0 bridgehead atoms. The first kappa shape index (κ1) is 30.4. The average molecular weight is 640 g/mol. The van der Waals surface area contributed by atoms with E-state index in [9.17, 15) is 31.5 Å². The van der Waals surface area contributed by atoms with Gasteiger partial charge in [0.1, 0.15) is 5.75 Å². The van der Waals surface area contributed by atoms with E-state index in [0.717, 1.165) is 29.8 Å². The van der Waals surface area contributed by atoms with Crippen LogP contribution < -0.4 is 19.1 Å². The molecule has 2 N–H and O–H groups in total. The number of rotatable bonds is 7. The summed E-state index contributed by atoms with van der Waals surface area (Å²) in [6.45, 7) is -0.0807. The number of halogens is 3. The fraction of sp³-hybridized carbons (Fsp3) is 0.219. The smallest absolute Gasteiger partial charge is 0.453 e. The Bertz CT molecular complexity index is 1740. The maximum Gasteiger partial charge on any atom is 0.573 e. The highest BCUT2D eigenvalue weighted by atomic mass is 32.2. The predicted molar refractivity (Wildman–Crippen MR) is 159 cm³/mol. The van der Waals surface area contributed by atoms with Crippen molar-refractivity contribution in [3.63, 3.8) is 0 Å². The summed E-state index contributed by atoms with van der Waals surface area (Å²) in [5, 5.41) is 11.8. The van der Waals surface area contributed by atoms with Crippen LogP contribution in [0.4, 0.5) is 24.5 Å². The average Bonchev–Trinajstić information content (AvgIpc) is 3.01. The molecular formula is C32H28F3N3O6S. The molecule has 3 atom stereocenters. The van der Waals surface area contributed by atoms with Gasteiger partial charge in [0.15, 0.2) is 11.5 Å². The number of nitrogens with one attached hydrogen (secondary N) is 1. The van der Waals surface area contributed by atoms with Crippen molar-refractivity contribution in [2.75, 3.05) is 18.0 Å². The second-order valence-corrected chi connectivity index (χ2v) is 12.4.